The lowest BCUT2D eigenvalue weighted by Crippen LogP contribution is -2.30. The molecule has 0 fully saturated rings. The summed E-state index contributed by atoms with van der Waals surface area (Å²) in [4.78, 5) is 7.66. The number of H-pyrrole nitrogens is 1. The van der Waals surface area contributed by atoms with Crippen LogP contribution in [0.5, 0.6) is 0 Å². The van der Waals surface area contributed by atoms with E-state index in [0.29, 0.717) is 33.0 Å². The number of sulfonamides is 1. The van der Waals surface area contributed by atoms with Crippen LogP contribution in [0.1, 0.15) is 0 Å². The summed E-state index contributed by atoms with van der Waals surface area (Å²) in [6, 6.07) is 18.0. The number of anilines is 1. The molecule has 0 amide bonds. The summed E-state index contributed by atoms with van der Waals surface area (Å²) in [7, 11) is -5.54. The van der Waals surface area contributed by atoms with Gasteiger partial charge in [-0.3, -0.25) is 4.72 Å². The van der Waals surface area contributed by atoms with Crippen molar-refractivity contribution in [2.75, 3.05) is 4.72 Å². The van der Waals surface area contributed by atoms with Gasteiger partial charge in [-0.15, -0.1) is 0 Å². The molecule has 3 aromatic carbocycles. The number of aromatic nitrogens is 2. The standard InChI is InChI=1S/C20H13ClF3N3O2S/c21-14-8-5-12(6-9-14)19-25-17-10-7-13(11-18(17)26-19)15-3-1-2-4-16(15)27-30(28,29)20(22,23)24/h1-11,27H,(H,25,26). The van der Waals surface area contributed by atoms with Gasteiger partial charge in [-0.05, 0) is 48.0 Å². The zero-order chi connectivity index (χ0) is 21.5. The predicted octanol–water partition coefficient (Wildman–Crippen LogP) is 5.81. The van der Waals surface area contributed by atoms with Gasteiger partial charge in [-0.1, -0.05) is 35.9 Å². The summed E-state index contributed by atoms with van der Waals surface area (Å²) in [5.41, 5.74) is -2.66. The fourth-order valence-corrected chi connectivity index (χ4v) is 3.66. The van der Waals surface area contributed by atoms with Crippen molar-refractivity contribution in [2.24, 2.45) is 0 Å². The number of halogens is 4. The van der Waals surface area contributed by atoms with Crippen molar-refractivity contribution in [3.63, 3.8) is 0 Å². The van der Waals surface area contributed by atoms with Crippen molar-refractivity contribution >= 4 is 38.3 Å². The van der Waals surface area contributed by atoms with Gasteiger partial charge in [0, 0.05) is 16.1 Å². The molecule has 5 nitrogen and oxygen atoms in total. The van der Waals surface area contributed by atoms with E-state index in [9.17, 15) is 21.6 Å². The highest BCUT2D eigenvalue weighted by Crippen LogP contribution is 2.33. The topological polar surface area (TPSA) is 74.8 Å². The molecule has 0 saturated heterocycles. The van der Waals surface area contributed by atoms with Crippen molar-refractivity contribution in [1.82, 2.24) is 9.97 Å². The third kappa shape index (κ3) is 3.86. The Hall–Kier alpha value is -3.04. The smallest absolute Gasteiger partial charge is 0.338 e. The van der Waals surface area contributed by atoms with Crippen LogP contribution < -0.4 is 4.72 Å². The van der Waals surface area contributed by atoms with E-state index in [1.807, 2.05) is 12.1 Å². The summed E-state index contributed by atoms with van der Waals surface area (Å²) in [5, 5.41) is 0.593. The van der Waals surface area contributed by atoms with Gasteiger partial charge in [-0.2, -0.15) is 21.6 Å². The SMILES string of the molecule is O=S(=O)(Nc1ccccc1-c1ccc2nc(-c3ccc(Cl)cc3)[nH]c2c1)C(F)(F)F. The minimum absolute atomic E-state index is 0.174. The van der Waals surface area contributed by atoms with Crippen LogP contribution in [-0.2, 0) is 10.0 Å². The second-order valence-corrected chi connectivity index (χ2v) is 8.53. The number of alkyl halides is 3. The lowest BCUT2D eigenvalue weighted by molar-refractivity contribution is -0.0429. The van der Waals surface area contributed by atoms with Gasteiger partial charge >= 0.3 is 15.5 Å². The number of benzene rings is 3. The molecule has 0 radical (unpaired) electrons. The van der Waals surface area contributed by atoms with E-state index in [4.69, 9.17) is 11.6 Å². The van der Waals surface area contributed by atoms with Gasteiger partial charge in [0.25, 0.3) is 0 Å². The monoisotopic (exact) mass is 451 g/mol. The lowest BCUT2D eigenvalue weighted by atomic mass is 10.0. The minimum Gasteiger partial charge on any atom is -0.338 e. The number of aromatic amines is 1. The Labute approximate surface area is 174 Å². The van der Waals surface area contributed by atoms with Crippen molar-refractivity contribution < 1.29 is 21.6 Å². The Balaban J connectivity index is 1.75. The number of rotatable bonds is 4. The third-order valence-corrected chi connectivity index (χ3v) is 5.74. The zero-order valence-electron chi connectivity index (χ0n) is 15.0. The number of hydrogen-bond donors (Lipinski definition) is 2. The van der Waals surface area contributed by atoms with Crippen LogP contribution in [0.3, 0.4) is 0 Å². The molecule has 1 aromatic heterocycles. The summed E-state index contributed by atoms with van der Waals surface area (Å²) in [6.45, 7) is 0. The molecule has 10 heteroatoms. The summed E-state index contributed by atoms with van der Waals surface area (Å²) in [6.07, 6.45) is 0. The molecule has 0 aliphatic rings. The molecule has 0 bridgehead atoms. The Morgan fingerprint density at radius 3 is 2.30 bits per heavy atom. The minimum atomic E-state index is -5.54. The third-order valence-electron chi connectivity index (χ3n) is 4.39. The molecule has 154 valence electrons. The maximum Gasteiger partial charge on any atom is 0.516 e. The second-order valence-electron chi connectivity index (χ2n) is 6.42. The second kappa shape index (κ2) is 7.33. The average Bonchev–Trinajstić information content (AvgIpc) is 3.11. The highest BCUT2D eigenvalue weighted by atomic mass is 35.5. The first-order valence-electron chi connectivity index (χ1n) is 8.58. The lowest BCUT2D eigenvalue weighted by Gasteiger charge is -2.14. The van der Waals surface area contributed by atoms with E-state index in [1.165, 1.54) is 18.2 Å². The molecule has 4 rings (SSSR count). The van der Waals surface area contributed by atoms with Crippen molar-refractivity contribution in [3.05, 3.63) is 71.8 Å². The number of para-hydroxylation sites is 1. The molecule has 30 heavy (non-hydrogen) atoms. The van der Waals surface area contributed by atoms with Gasteiger partial charge < -0.3 is 4.98 Å². The first-order valence-corrected chi connectivity index (χ1v) is 10.4. The Kier molecular flexibility index (Phi) is 4.95. The first kappa shape index (κ1) is 20.2. The molecule has 0 aliphatic heterocycles. The Morgan fingerprint density at radius 1 is 0.933 bits per heavy atom. The van der Waals surface area contributed by atoms with Gasteiger partial charge in [0.15, 0.2) is 0 Å². The van der Waals surface area contributed by atoms with Crippen molar-refractivity contribution in [2.45, 2.75) is 5.51 Å². The average molecular weight is 452 g/mol. The van der Waals surface area contributed by atoms with Crippen LogP contribution in [0, 0.1) is 0 Å². The van der Waals surface area contributed by atoms with Crippen molar-refractivity contribution in [1.29, 1.82) is 0 Å². The van der Waals surface area contributed by atoms with Gasteiger partial charge in [0.05, 0.1) is 16.7 Å². The summed E-state index contributed by atoms with van der Waals surface area (Å²) in [5.74, 6) is 0.602. The zero-order valence-corrected chi connectivity index (χ0v) is 16.6. The quantitative estimate of drug-likeness (QED) is 0.411. The Bertz CT molecular complexity index is 1330. The molecule has 1 heterocycles. The summed E-state index contributed by atoms with van der Waals surface area (Å²) < 4.78 is 63.0. The van der Waals surface area contributed by atoms with E-state index in [2.05, 4.69) is 9.97 Å². The normalized spacial score (nSPS) is 12.3. The first-order chi connectivity index (χ1) is 14.1. The number of imidazole rings is 1. The number of nitrogens with one attached hydrogen (secondary N) is 2. The van der Waals surface area contributed by atoms with E-state index >= 15 is 0 Å². The van der Waals surface area contributed by atoms with Gasteiger partial charge in [0.1, 0.15) is 5.82 Å². The molecule has 4 aromatic rings. The fourth-order valence-electron chi connectivity index (χ4n) is 2.95. The van der Waals surface area contributed by atoms with Crippen LogP contribution in [0.25, 0.3) is 33.5 Å². The molecular formula is C20H13ClF3N3O2S. The van der Waals surface area contributed by atoms with E-state index in [1.54, 1.807) is 41.1 Å². The highest BCUT2D eigenvalue weighted by Gasteiger charge is 2.46. The highest BCUT2D eigenvalue weighted by molar-refractivity contribution is 7.93. The number of nitrogens with zero attached hydrogens (tertiary/aromatic N) is 1. The largest absolute Gasteiger partial charge is 0.516 e. The number of hydrogen-bond acceptors (Lipinski definition) is 3. The molecule has 0 atom stereocenters. The van der Waals surface area contributed by atoms with Crippen LogP contribution in [0.2, 0.25) is 5.02 Å². The van der Waals surface area contributed by atoms with E-state index in [0.717, 1.165) is 5.56 Å². The molecule has 0 aliphatic carbocycles. The fraction of sp³-hybridized carbons (Fsp3) is 0.0500. The summed E-state index contributed by atoms with van der Waals surface area (Å²) >= 11 is 5.91. The van der Waals surface area contributed by atoms with Crippen LogP contribution in [0.4, 0.5) is 18.9 Å². The van der Waals surface area contributed by atoms with Gasteiger partial charge in [0.2, 0.25) is 0 Å². The molecular weight excluding hydrogens is 439 g/mol. The van der Waals surface area contributed by atoms with Crippen LogP contribution >= 0.6 is 11.6 Å². The number of fused-ring (bicyclic) bond motifs is 1. The molecule has 0 spiro atoms. The predicted molar refractivity (Wildman–Crippen MR) is 111 cm³/mol. The maximum atomic E-state index is 12.8. The van der Waals surface area contributed by atoms with Crippen molar-refractivity contribution in [3.8, 4) is 22.5 Å². The molecule has 0 unspecified atom stereocenters. The Morgan fingerprint density at radius 2 is 1.60 bits per heavy atom. The molecule has 0 saturated carbocycles. The van der Waals surface area contributed by atoms with E-state index < -0.39 is 15.5 Å². The molecule has 2 N–H and O–H groups in total. The van der Waals surface area contributed by atoms with Crippen LogP contribution in [0.15, 0.2) is 66.7 Å². The van der Waals surface area contributed by atoms with Crippen LogP contribution in [-0.4, -0.2) is 23.9 Å². The maximum absolute atomic E-state index is 12.8. The van der Waals surface area contributed by atoms with Gasteiger partial charge in [-0.25, -0.2) is 4.98 Å². The van der Waals surface area contributed by atoms with E-state index in [-0.39, 0.29) is 5.69 Å².